The molecule has 1 amide bonds. The first kappa shape index (κ1) is 16.8. The Balaban J connectivity index is 2.45. The molecule has 7 nitrogen and oxygen atoms in total. The summed E-state index contributed by atoms with van der Waals surface area (Å²) in [5.74, 6) is 0.299. The average Bonchev–Trinajstić information content (AvgIpc) is 2.43. The largest absolute Gasteiger partial charge is 0.486 e. The summed E-state index contributed by atoms with van der Waals surface area (Å²) in [6.45, 7) is 5.63. The minimum Gasteiger partial charge on any atom is -0.486 e. The maximum atomic E-state index is 11.7. The molecule has 0 aliphatic carbocycles. The predicted molar refractivity (Wildman–Crippen MR) is 79.7 cm³/mol. The normalized spacial score (nSPS) is 12.0. The van der Waals surface area contributed by atoms with Crippen LogP contribution < -0.4 is 15.8 Å². The third kappa shape index (κ3) is 7.17. The van der Waals surface area contributed by atoms with E-state index in [-0.39, 0.29) is 30.6 Å². The van der Waals surface area contributed by atoms with Crippen LogP contribution >= 0.6 is 0 Å². The van der Waals surface area contributed by atoms with Gasteiger partial charge < -0.3 is 25.7 Å². The second-order valence-electron chi connectivity index (χ2n) is 5.35. The molecule has 0 spiro atoms. The molecule has 0 aliphatic rings. The molecule has 0 aromatic heterocycles. The Hall–Kier alpha value is -2.28. The second kappa shape index (κ2) is 7.49. The first-order chi connectivity index (χ1) is 9.80. The highest BCUT2D eigenvalue weighted by Gasteiger charge is 2.12. The van der Waals surface area contributed by atoms with Crippen LogP contribution in [0.3, 0.4) is 0 Å². The maximum Gasteiger partial charge on any atom is 0.250 e. The van der Waals surface area contributed by atoms with Crippen molar-refractivity contribution in [2.75, 3.05) is 18.5 Å². The van der Waals surface area contributed by atoms with Gasteiger partial charge in [-0.1, -0.05) is 5.16 Å². The number of oxime groups is 1. The van der Waals surface area contributed by atoms with Crippen molar-refractivity contribution in [1.29, 1.82) is 0 Å². The molecule has 1 rings (SSSR count). The molecule has 116 valence electrons. The third-order valence-electron chi connectivity index (χ3n) is 2.29. The summed E-state index contributed by atoms with van der Waals surface area (Å²) in [5.41, 5.74) is 5.56. The van der Waals surface area contributed by atoms with Gasteiger partial charge in [-0.3, -0.25) is 4.79 Å². The van der Waals surface area contributed by atoms with Crippen LogP contribution in [-0.2, 0) is 9.53 Å². The molecule has 1 aromatic carbocycles. The summed E-state index contributed by atoms with van der Waals surface area (Å²) in [6, 6.07) is 6.73. The standard InChI is InChI=1S/C14H21N3O4/c1-14(2,3)21-9-13(18)16-10-4-6-11(7-5-10)20-8-12(15)17-19/h4-7,19H,8-9H2,1-3H3,(H2,15,17)(H,16,18). The molecule has 0 saturated carbocycles. The van der Waals surface area contributed by atoms with Gasteiger partial charge in [0.1, 0.15) is 19.0 Å². The first-order valence-corrected chi connectivity index (χ1v) is 6.43. The maximum absolute atomic E-state index is 11.7. The smallest absolute Gasteiger partial charge is 0.250 e. The van der Waals surface area contributed by atoms with Crippen molar-refractivity contribution in [3.05, 3.63) is 24.3 Å². The van der Waals surface area contributed by atoms with Gasteiger partial charge in [0, 0.05) is 5.69 Å². The number of benzene rings is 1. The number of anilines is 1. The number of nitrogens with zero attached hydrogens (tertiary/aromatic N) is 1. The van der Waals surface area contributed by atoms with Crippen molar-refractivity contribution in [1.82, 2.24) is 0 Å². The molecular weight excluding hydrogens is 274 g/mol. The summed E-state index contributed by atoms with van der Waals surface area (Å²) in [6.07, 6.45) is 0. The topological polar surface area (TPSA) is 106 Å². The Labute approximate surface area is 123 Å². The molecule has 0 aliphatic heterocycles. The number of carbonyl (C=O) groups excluding carboxylic acids is 1. The van der Waals surface area contributed by atoms with Gasteiger partial charge in [0.2, 0.25) is 5.91 Å². The highest BCUT2D eigenvalue weighted by molar-refractivity contribution is 5.91. The summed E-state index contributed by atoms with van der Waals surface area (Å²) in [5, 5.41) is 13.9. The fourth-order valence-electron chi connectivity index (χ4n) is 1.30. The minimum atomic E-state index is -0.358. The number of rotatable bonds is 6. The lowest BCUT2D eigenvalue weighted by atomic mass is 10.2. The number of nitrogens with two attached hydrogens (primary N) is 1. The highest BCUT2D eigenvalue weighted by Crippen LogP contribution is 2.15. The average molecular weight is 295 g/mol. The van der Waals surface area contributed by atoms with Crippen LogP contribution in [0.4, 0.5) is 5.69 Å². The number of hydrogen-bond donors (Lipinski definition) is 3. The SMILES string of the molecule is CC(C)(C)OCC(=O)Nc1ccc(OC/C(N)=N/O)cc1. The Morgan fingerprint density at radius 2 is 1.90 bits per heavy atom. The molecule has 0 fully saturated rings. The Morgan fingerprint density at radius 3 is 2.43 bits per heavy atom. The molecule has 0 unspecified atom stereocenters. The summed E-state index contributed by atoms with van der Waals surface area (Å²) >= 11 is 0. The Morgan fingerprint density at radius 1 is 1.29 bits per heavy atom. The van der Waals surface area contributed by atoms with E-state index in [2.05, 4.69) is 10.5 Å². The summed E-state index contributed by atoms with van der Waals surface area (Å²) in [7, 11) is 0. The van der Waals surface area contributed by atoms with E-state index in [1.54, 1.807) is 24.3 Å². The van der Waals surface area contributed by atoms with E-state index in [1.807, 2.05) is 20.8 Å². The number of nitrogens with one attached hydrogen (secondary N) is 1. The van der Waals surface area contributed by atoms with E-state index in [0.717, 1.165) is 0 Å². The molecular formula is C14H21N3O4. The molecule has 0 atom stereocenters. The second-order valence-corrected chi connectivity index (χ2v) is 5.35. The Kier molecular flexibility index (Phi) is 5.98. The monoisotopic (exact) mass is 295 g/mol. The summed E-state index contributed by atoms with van der Waals surface area (Å²) in [4.78, 5) is 11.7. The zero-order valence-corrected chi connectivity index (χ0v) is 12.4. The molecule has 0 heterocycles. The minimum absolute atomic E-state index is 0.00868. The van der Waals surface area contributed by atoms with E-state index in [1.165, 1.54) is 0 Å². The van der Waals surface area contributed by atoms with Crippen molar-refractivity contribution < 1.29 is 19.5 Å². The molecule has 0 saturated heterocycles. The van der Waals surface area contributed by atoms with Gasteiger partial charge in [-0.15, -0.1) is 0 Å². The summed E-state index contributed by atoms with van der Waals surface area (Å²) < 4.78 is 10.6. The predicted octanol–water partition coefficient (Wildman–Crippen LogP) is 1.57. The number of amides is 1. The number of hydrogen-bond acceptors (Lipinski definition) is 5. The molecule has 21 heavy (non-hydrogen) atoms. The van der Waals surface area contributed by atoms with E-state index in [4.69, 9.17) is 20.4 Å². The van der Waals surface area contributed by atoms with Crippen molar-refractivity contribution in [2.45, 2.75) is 26.4 Å². The molecule has 1 aromatic rings. The third-order valence-corrected chi connectivity index (χ3v) is 2.29. The number of ether oxygens (including phenoxy) is 2. The van der Waals surface area contributed by atoms with E-state index in [0.29, 0.717) is 11.4 Å². The highest BCUT2D eigenvalue weighted by atomic mass is 16.5. The first-order valence-electron chi connectivity index (χ1n) is 6.43. The zero-order valence-electron chi connectivity index (χ0n) is 12.4. The van der Waals surface area contributed by atoms with Gasteiger partial charge in [0.15, 0.2) is 5.84 Å². The van der Waals surface area contributed by atoms with Gasteiger partial charge in [0.05, 0.1) is 5.60 Å². The number of amidine groups is 1. The van der Waals surface area contributed by atoms with Gasteiger partial charge in [-0.25, -0.2) is 0 Å². The molecule has 0 bridgehead atoms. The lowest BCUT2D eigenvalue weighted by Crippen LogP contribution is -2.27. The van der Waals surface area contributed by atoms with Crippen LogP contribution in [0.1, 0.15) is 20.8 Å². The molecule has 7 heteroatoms. The van der Waals surface area contributed by atoms with E-state index >= 15 is 0 Å². The van der Waals surface area contributed by atoms with Crippen molar-refractivity contribution in [3.8, 4) is 5.75 Å². The zero-order chi connectivity index (χ0) is 15.9. The van der Waals surface area contributed by atoms with Gasteiger partial charge in [0.25, 0.3) is 0 Å². The fraction of sp³-hybridized carbons (Fsp3) is 0.429. The van der Waals surface area contributed by atoms with Crippen molar-refractivity contribution in [2.24, 2.45) is 10.9 Å². The van der Waals surface area contributed by atoms with Gasteiger partial charge in [-0.05, 0) is 45.0 Å². The van der Waals surface area contributed by atoms with Crippen LogP contribution in [0.15, 0.2) is 29.4 Å². The van der Waals surface area contributed by atoms with Crippen LogP contribution in [0, 0.1) is 0 Å². The van der Waals surface area contributed by atoms with Crippen LogP contribution in [-0.4, -0.2) is 35.8 Å². The van der Waals surface area contributed by atoms with Crippen LogP contribution in [0.2, 0.25) is 0 Å². The quantitative estimate of drug-likeness (QED) is 0.319. The van der Waals surface area contributed by atoms with Crippen LogP contribution in [0.25, 0.3) is 0 Å². The molecule has 4 N–H and O–H groups in total. The van der Waals surface area contributed by atoms with E-state index in [9.17, 15) is 4.79 Å². The van der Waals surface area contributed by atoms with Crippen LogP contribution in [0.5, 0.6) is 5.75 Å². The fourth-order valence-corrected chi connectivity index (χ4v) is 1.30. The van der Waals surface area contributed by atoms with Gasteiger partial charge in [-0.2, -0.15) is 0 Å². The number of carbonyl (C=O) groups is 1. The Bertz CT molecular complexity index is 492. The van der Waals surface area contributed by atoms with Crippen molar-refractivity contribution in [3.63, 3.8) is 0 Å². The van der Waals surface area contributed by atoms with Crippen molar-refractivity contribution >= 4 is 17.4 Å². The lowest BCUT2D eigenvalue weighted by molar-refractivity contribution is -0.125. The lowest BCUT2D eigenvalue weighted by Gasteiger charge is -2.19. The molecule has 0 radical (unpaired) electrons. The van der Waals surface area contributed by atoms with E-state index < -0.39 is 0 Å². The van der Waals surface area contributed by atoms with Gasteiger partial charge >= 0.3 is 0 Å².